The highest BCUT2D eigenvalue weighted by Gasteiger charge is 2.25. The predicted molar refractivity (Wildman–Crippen MR) is 80.8 cm³/mol. The molecule has 1 N–H and O–H groups in total. The van der Waals surface area contributed by atoms with Crippen molar-refractivity contribution in [1.82, 2.24) is 5.32 Å². The molecule has 2 nitrogen and oxygen atoms in total. The Kier molecular flexibility index (Phi) is 5.26. The maximum Gasteiger partial charge on any atom is 0.0565 e. The fraction of sp³-hybridized carbons (Fsp3) is 0.625. The van der Waals surface area contributed by atoms with Gasteiger partial charge in [-0.15, -0.1) is 0 Å². The van der Waals surface area contributed by atoms with Crippen molar-refractivity contribution in [3.05, 3.63) is 34.9 Å². The predicted octanol–water partition coefficient (Wildman–Crippen LogP) is 3.82. The maximum absolute atomic E-state index is 5.91. The van der Waals surface area contributed by atoms with Crippen LogP contribution in [-0.2, 0) is 11.2 Å². The van der Waals surface area contributed by atoms with E-state index in [4.69, 9.17) is 16.3 Å². The standard InChI is InChI=1S/C16H24ClNO/c1-11(8-14-4-6-15(17)7-5-14)18-16-9-12(2)19-13(3)10-16/h4-7,11-13,16,18H,8-10H2,1-3H3. The number of hydrogen-bond donors (Lipinski definition) is 1. The van der Waals surface area contributed by atoms with Gasteiger partial charge in [0.2, 0.25) is 0 Å². The minimum Gasteiger partial charge on any atom is -0.375 e. The van der Waals surface area contributed by atoms with Crippen LogP contribution in [0.4, 0.5) is 0 Å². The van der Waals surface area contributed by atoms with Gasteiger partial charge >= 0.3 is 0 Å². The molecule has 106 valence electrons. The molecule has 0 saturated carbocycles. The number of rotatable bonds is 4. The highest BCUT2D eigenvalue weighted by molar-refractivity contribution is 6.30. The summed E-state index contributed by atoms with van der Waals surface area (Å²) in [5.41, 5.74) is 1.33. The summed E-state index contributed by atoms with van der Waals surface area (Å²) < 4.78 is 5.77. The first-order valence-corrected chi connectivity index (χ1v) is 7.56. The summed E-state index contributed by atoms with van der Waals surface area (Å²) in [7, 11) is 0. The van der Waals surface area contributed by atoms with Crippen LogP contribution in [0.3, 0.4) is 0 Å². The fourth-order valence-corrected chi connectivity index (χ4v) is 3.10. The molecule has 0 aromatic heterocycles. The summed E-state index contributed by atoms with van der Waals surface area (Å²) in [5, 5.41) is 4.53. The molecule has 0 spiro atoms. The summed E-state index contributed by atoms with van der Waals surface area (Å²) >= 11 is 5.91. The molecule has 2 rings (SSSR count). The highest BCUT2D eigenvalue weighted by Crippen LogP contribution is 2.20. The second kappa shape index (κ2) is 6.74. The van der Waals surface area contributed by atoms with Crippen LogP contribution in [0.2, 0.25) is 5.02 Å². The zero-order valence-electron chi connectivity index (χ0n) is 12.0. The van der Waals surface area contributed by atoms with Crippen molar-refractivity contribution in [2.24, 2.45) is 0 Å². The van der Waals surface area contributed by atoms with E-state index in [-0.39, 0.29) is 0 Å². The SMILES string of the molecule is CC(Cc1ccc(Cl)cc1)NC1CC(C)OC(C)C1. The lowest BCUT2D eigenvalue weighted by atomic mass is 9.98. The van der Waals surface area contributed by atoms with Crippen molar-refractivity contribution in [2.75, 3.05) is 0 Å². The van der Waals surface area contributed by atoms with Crippen LogP contribution in [0, 0.1) is 0 Å². The van der Waals surface area contributed by atoms with Crippen LogP contribution in [0.15, 0.2) is 24.3 Å². The van der Waals surface area contributed by atoms with Gasteiger partial charge in [0.15, 0.2) is 0 Å². The topological polar surface area (TPSA) is 21.3 Å². The first-order chi connectivity index (χ1) is 9.02. The first kappa shape index (κ1) is 14.8. The van der Waals surface area contributed by atoms with E-state index in [2.05, 4.69) is 38.2 Å². The third kappa shape index (κ3) is 4.79. The van der Waals surface area contributed by atoms with E-state index in [1.54, 1.807) is 0 Å². The Morgan fingerprint density at radius 3 is 2.37 bits per heavy atom. The fourth-order valence-electron chi connectivity index (χ4n) is 2.98. The number of benzene rings is 1. The van der Waals surface area contributed by atoms with Crippen LogP contribution >= 0.6 is 11.6 Å². The minimum atomic E-state index is 0.365. The Labute approximate surface area is 121 Å². The van der Waals surface area contributed by atoms with Crippen molar-refractivity contribution in [3.8, 4) is 0 Å². The van der Waals surface area contributed by atoms with Crippen LogP contribution in [0.25, 0.3) is 0 Å². The molecule has 1 aromatic rings. The number of nitrogens with one attached hydrogen (secondary N) is 1. The van der Waals surface area contributed by atoms with Crippen molar-refractivity contribution in [1.29, 1.82) is 0 Å². The van der Waals surface area contributed by atoms with Gasteiger partial charge in [-0.2, -0.15) is 0 Å². The molecular weight excluding hydrogens is 258 g/mol. The van der Waals surface area contributed by atoms with Gasteiger partial charge in [-0.25, -0.2) is 0 Å². The van der Waals surface area contributed by atoms with Gasteiger partial charge in [0.05, 0.1) is 12.2 Å². The summed E-state index contributed by atoms with van der Waals surface area (Å²) in [6.45, 7) is 6.57. The molecule has 0 radical (unpaired) electrons. The molecule has 3 unspecified atom stereocenters. The third-order valence-electron chi connectivity index (χ3n) is 3.67. The van der Waals surface area contributed by atoms with E-state index < -0.39 is 0 Å². The van der Waals surface area contributed by atoms with E-state index in [0.29, 0.717) is 24.3 Å². The van der Waals surface area contributed by atoms with Gasteiger partial charge < -0.3 is 10.1 Å². The first-order valence-electron chi connectivity index (χ1n) is 7.19. The maximum atomic E-state index is 5.91. The van der Waals surface area contributed by atoms with E-state index in [9.17, 15) is 0 Å². The Morgan fingerprint density at radius 1 is 1.21 bits per heavy atom. The summed E-state index contributed by atoms with van der Waals surface area (Å²) in [6, 6.07) is 9.18. The van der Waals surface area contributed by atoms with Gasteiger partial charge in [-0.1, -0.05) is 23.7 Å². The lowest BCUT2D eigenvalue weighted by Gasteiger charge is -2.34. The minimum absolute atomic E-state index is 0.365. The Hall–Kier alpha value is -0.570. The largest absolute Gasteiger partial charge is 0.375 e. The number of hydrogen-bond acceptors (Lipinski definition) is 2. The second-order valence-electron chi connectivity index (χ2n) is 5.82. The molecule has 1 aliphatic rings. The van der Waals surface area contributed by atoms with E-state index in [1.807, 2.05) is 12.1 Å². The second-order valence-corrected chi connectivity index (χ2v) is 6.26. The Balaban J connectivity index is 1.83. The average Bonchev–Trinajstić information content (AvgIpc) is 2.30. The lowest BCUT2D eigenvalue weighted by Crippen LogP contribution is -2.45. The third-order valence-corrected chi connectivity index (χ3v) is 3.92. The molecule has 0 amide bonds. The molecule has 1 fully saturated rings. The molecule has 1 saturated heterocycles. The van der Waals surface area contributed by atoms with Crippen molar-refractivity contribution in [3.63, 3.8) is 0 Å². The molecule has 1 heterocycles. The average molecular weight is 282 g/mol. The van der Waals surface area contributed by atoms with E-state index in [1.165, 1.54) is 5.56 Å². The van der Waals surface area contributed by atoms with E-state index >= 15 is 0 Å². The normalized spacial score (nSPS) is 29.2. The van der Waals surface area contributed by atoms with Crippen LogP contribution in [0.1, 0.15) is 39.2 Å². The Bertz CT molecular complexity index is 382. The molecule has 1 aliphatic heterocycles. The van der Waals surface area contributed by atoms with Gasteiger partial charge in [-0.3, -0.25) is 0 Å². The van der Waals surface area contributed by atoms with Crippen molar-refractivity contribution < 1.29 is 4.74 Å². The number of ether oxygens (including phenoxy) is 1. The molecule has 0 bridgehead atoms. The van der Waals surface area contributed by atoms with Crippen molar-refractivity contribution in [2.45, 2.75) is 64.3 Å². The molecular formula is C16H24ClNO. The summed E-state index contributed by atoms with van der Waals surface area (Å²) in [4.78, 5) is 0. The summed E-state index contributed by atoms with van der Waals surface area (Å²) in [6.07, 6.45) is 3.98. The van der Waals surface area contributed by atoms with Crippen LogP contribution in [-0.4, -0.2) is 24.3 Å². The lowest BCUT2D eigenvalue weighted by molar-refractivity contribution is -0.0432. The number of halogens is 1. The van der Waals surface area contributed by atoms with Gasteiger partial charge in [0.25, 0.3) is 0 Å². The molecule has 0 aliphatic carbocycles. The van der Waals surface area contributed by atoms with E-state index in [0.717, 1.165) is 24.3 Å². The van der Waals surface area contributed by atoms with Gasteiger partial charge in [-0.05, 0) is 57.7 Å². The molecule has 1 aromatic carbocycles. The zero-order valence-corrected chi connectivity index (χ0v) is 12.8. The molecule has 3 atom stereocenters. The molecule has 19 heavy (non-hydrogen) atoms. The monoisotopic (exact) mass is 281 g/mol. The zero-order chi connectivity index (χ0) is 13.8. The molecule has 3 heteroatoms. The van der Waals surface area contributed by atoms with Gasteiger partial charge in [0.1, 0.15) is 0 Å². The summed E-state index contributed by atoms with van der Waals surface area (Å²) in [5.74, 6) is 0. The van der Waals surface area contributed by atoms with Crippen LogP contribution < -0.4 is 5.32 Å². The van der Waals surface area contributed by atoms with Crippen molar-refractivity contribution >= 4 is 11.6 Å². The van der Waals surface area contributed by atoms with Crippen LogP contribution in [0.5, 0.6) is 0 Å². The quantitative estimate of drug-likeness (QED) is 0.906. The highest BCUT2D eigenvalue weighted by atomic mass is 35.5. The Morgan fingerprint density at radius 2 is 1.79 bits per heavy atom. The smallest absolute Gasteiger partial charge is 0.0565 e. The van der Waals surface area contributed by atoms with Gasteiger partial charge in [0, 0.05) is 17.1 Å².